The van der Waals surface area contributed by atoms with Gasteiger partial charge in [0, 0.05) is 16.3 Å². The van der Waals surface area contributed by atoms with Crippen molar-refractivity contribution in [1.82, 2.24) is 9.97 Å². The molecule has 0 radical (unpaired) electrons. The summed E-state index contributed by atoms with van der Waals surface area (Å²) in [5.41, 5.74) is 3.56. The van der Waals surface area contributed by atoms with Crippen LogP contribution in [-0.4, -0.2) is 9.97 Å². The molecule has 2 aromatic heterocycles. The normalized spacial score (nSPS) is 10.9. The van der Waals surface area contributed by atoms with Gasteiger partial charge in [0.1, 0.15) is 11.2 Å². The number of fused-ring (bicyclic) bond motifs is 1. The van der Waals surface area contributed by atoms with Gasteiger partial charge < -0.3 is 12.6 Å². The Morgan fingerprint density at radius 2 is 1.88 bits per heavy atom. The summed E-state index contributed by atoms with van der Waals surface area (Å²) >= 11 is 6.89. The third kappa shape index (κ3) is 1.79. The molecule has 3 aromatic rings. The van der Waals surface area contributed by atoms with Gasteiger partial charge in [0.15, 0.2) is 0 Å². The van der Waals surface area contributed by atoms with Crippen molar-refractivity contribution in [3.8, 4) is 11.1 Å². The summed E-state index contributed by atoms with van der Waals surface area (Å²) in [6.45, 7) is 2.08. The third-order valence-corrected chi connectivity index (χ3v) is 3.89. The molecule has 2 nitrogen and oxygen atoms in total. The van der Waals surface area contributed by atoms with Gasteiger partial charge in [0.05, 0.1) is 0 Å². The SMILES string of the molecule is Cc1ccc(-c2csc3ncnc([S-])c23)cc1. The minimum absolute atomic E-state index is 0.631. The molecule has 0 saturated carbocycles. The standard InChI is InChI=1S/C13H10N2S2/c1-8-2-4-9(5-3-8)10-6-17-13-11(10)12(16)14-7-15-13/h2-7H,1H3,(H,14,15,16)/p-1. The Balaban J connectivity index is 2.27. The molecule has 0 atom stereocenters. The first kappa shape index (κ1) is 10.6. The van der Waals surface area contributed by atoms with Gasteiger partial charge in [0.2, 0.25) is 0 Å². The lowest BCUT2D eigenvalue weighted by Gasteiger charge is -2.08. The van der Waals surface area contributed by atoms with Gasteiger partial charge >= 0.3 is 0 Å². The molecule has 0 fully saturated rings. The van der Waals surface area contributed by atoms with Crippen molar-refractivity contribution in [2.75, 3.05) is 0 Å². The topological polar surface area (TPSA) is 25.8 Å². The number of nitrogens with zero attached hydrogens (tertiary/aromatic N) is 2. The zero-order valence-electron chi connectivity index (χ0n) is 9.18. The van der Waals surface area contributed by atoms with Crippen LogP contribution in [0.3, 0.4) is 0 Å². The molecule has 4 heteroatoms. The fraction of sp³-hybridized carbons (Fsp3) is 0.0769. The van der Waals surface area contributed by atoms with E-state index in [4.69, 9.17) is 12.6 Å². The first-order valence-electron chi connectivity index (χ1n) is 5.22. The maximum Gasteiger partial charge on any atom is 0.125 e. The first-order valence-corrected chi connectivity index (χ1v) is 6.51. The van der Waals surface area contributed by atoms with Gasteiger partial charge in [-0.3, -0.25) is 4.98 Å². The fourth-order valence-corrected chi connectivity index (χ4v) is 3.03. The minimum atomic E-state index is 0.631. The van der Waals surface area contributed by atoms with E-state index in [1.165, 1.54) is 17.5 Å². The molecular weight excluding hydrogens is 248 g/mol. The molecule has 84 valence electrons. The molecule has 0 aliphatic carbocycles. The predicted molar refractivity (Wildman–Crippen MR) is 73.2 cm³/mol. The van der Waals surface area contributed by atoms with Crippen molar-refractivity contribution < 1.29 is 0 Å². The molecule has 3 rings (SSSR count). The summed E-state index contributed by atoms with van der Waals surface area (Å²) < 4.78 is 0. The van der Waals surface area contributed by atoms with E-state index in [0.717, 1.165) is 15.8 Å². The molecule has 0 aliphatic heterocycles. The van der Waals surface area contributed by atoms with Crippen LogP contribution in [0.2, 0.25) is 0 Å². The molecule has 0 bridgehead atoms. The van der Waals surface area contributed by atoms with Crippen LogP contribution in [0.25, 0.3) is 21.3 Å². The molecular formula is C13H9N2S2-. The smallest absolute Gasteiger partial charge is 0.125 e. The van der Waals surface area contributed by atoms with E-state index in [-0.39, 0.29) is 0 Å². The number of aryl methyl sites for hydroxylation is 1. The maximum absolute atomic E-state index is 5.28. The van der Waals surface area contributed by atoms with Gasteiger partial charge in [-0.05, 0) is 12.5 Å². The van der Waals surface area contributed by atoms with E-state index in [1.807, 2.05) is 0 Å². The zero-order valence-corrected chi connectivity index (χ0v) is 10.8. The summed E-state index contributed by atoms with van der Waals surface area (Å²) in [7, 11) is 0. The van der Waals surface area contributed by atoms with Crippen molar-refractivity contribution in [2.45, 2.75) is 11.9 Å². The second-order valence-electron chi connectivity index (χ2n) is 3.87. The van der Waals surface area contributed by atoms with E-state index >= 15 is 0 Å². The Hall–Kier alpha value is -1.52. The fourth-order valence-electron chi connectivity index (χ4n) is 1.79. The van der Waals surface area contributed by atoms with Crippen LogP contribution < -0.4 is 0 Å². The van der Waals surface area contributed by atoms with Crippen molar-refractivity contribution in [2.24, 2.45) is 0 Å². The highest BCUT2D eigenvalue weighted by Crippen LogP contribution is 2.34. The Morgan fingerprint density at radius 1 is 1.12 bits per heavy atom. The van der Waals surface area contributed by atoms with Gasteiger partial charge in [-0.15, -0.1) is 11.3 Å². The predicted octanol–water partition coefficient (Wildman–Crippen LogP) is 3.57. The van der Waals surface area contributed by atoms with Crippen LogP contribution in [0.15, 0.2) is 41.0 Å². The second kappa shape index (κ2) is 4.05. The molecule has 17 heavy (non-hydrogen) atoms. The lowest BCUT2D eigenvalue weighted by molar-refractivity contribution is 1.11. The number of rotatable bonds is 1. The van der Waals surface area contributed by atoms with Gasteiger partial charge in [-0.25, -0.2) is 4.98 Å². The first-order chi connectivity index (χ1) is 8.25. The largest absolute Gasteiger partial charge is 0.759 e. The van der Waals surface area contributed by atoms with E-state index in [1.54, 1.807) is 11.3 Å². The minimum Gasteiger partial charge on any atom is -0.759 e. The number of benzene rings is 1. The monoisotopic (exact) mass is 257 g/mol. The van der Waals surface area contributed by atoms with Crippen LogP contribution in [0.1, 0.15) is 5.56 Å². The maximum atomic E-state index is 5.28. The highest BCUT2D eigenvalue weighted by atomic mass is 32.1. The van der Waals surface area contributed by atoms with E-state index < -0.39 is 0 Å². The average Bonchev–Trinajstić information content (AvgIpc) is 2.75. The Labute approximate surface area is 109 Å². The summed E-state index contributed by atoms with van der Waals surface area (Å²) in [5, 5.41) is 3.72. The molecule has 0 amide bonds. The highest BCUT2D eigenvalue weighted by molar-refractivity contribution is 7.59. The van der Waals surface area contributed by atoms with Crippen molar-refractivity contribution in [1.29, 1.82) is 0 Å². The van der Waals surface area contributed by atoms with E-state index in [2.05, 4.69) is 46.5 Å². The van der Waals surface area contributed by atoms with Crippen LogP contribution in [0.4, 0.5) is 0 Å². The summed E-state index contributed by atoms with van der Waals surface area (Å²) in [6.07, 6.45) is 1.53. The zero-order chi connectivity index (χ0) is 11.8. The summed E-state index contributed by atoms with van der Waals surface area (Å²) in [6, 6.07) is 8.43. The van der Waals surface area contributed by atoms with Crippen LogP contribution in [-0.2, 0) is 12.6 Å². The molecule has 0 N–H and O–H groups in total. The average molecular weight is 257 g/mol. The van der Waals surface area contributed by atoms with Crippen molar-refractivity contribution >= 4 is 34.2 Å². The number of hydrogen-bond acceptors (Lipinski definition) is 4. The van der Waals surface area contributed by atoms with Gasteiger partial charge in [0.25, 0.3) is 0 Å². The molecule has 0 spiro atoms. The van der Waals surface area contributed by atoms with Gasteiger partial charge in [-0.2, -0.15) is 0 Å². The molecule has 2 heterocycles. The Kier molecular flexibility index (Phi) is 2.53. The van der Waals surface area contributed by atoms with Crippen LogP contribution in [0.5, 0.6) is 0 Å². The van der Waals surface area contributed by atoms with Crippen molar-refractivity contribution in [3.63, 3.8) is 0 Å². The summed E-state index contributed by atoms with van der Waals surface area (Å²) in [5.74, 6) is 0. The number of aromatic nitrogens is 2. The molecule has 0 saturated heterocycles. The van der Waals surface area contributed by atoms with Gasteiger partial charge in [-0.1, -0.05) is 34.9 Å². The lowest BCUT2D eigenvalue weighted by atomic mass is 10.1. The van der Waals surface area contributed by atoms with E-state index in [9.17, 15) is 0 Å². The van der Waals surface area contributed by atoms with Crippen molar-refractivity contribution in [3.05, 3.63) is 41.5 Å². The lowest BCUT2D eigenvalue weighted by Crippen LogP contribution is -1.84. The summed E-state index contributed by atoms with van der Waals surface area (Å²) in [4.78, 5) is 9.30. The van der Waals surface area contributed by atoms with Crippen LogP contribution in [0, 0.1) is 6.92 Å². The molecule has 0 unspecified atom stereocenters. The number of hydrogen-bond donors (Lipinski definition) is 0. The van der Waals surface area contributed by atoms with E-state index in [0.29, 0.717) is 5.03 Å². The molecule has 1 aromatic carbocycles. The van der Waals surface area contributed by atoms with Crippen LogP contribution >= 0.6 is 11.3 Å². The Bertz CT molecular complexity index is 671. The molecule has 0 aliphatic rings. The quantitative estimate of drug-likeness (QED) is 0.492. The second-order valence-corrected chi connectivity index (χ2v) is 5.12. The highest BCUT2D eigenvalue weighted by Gasteiger charge is 2.07. The Morgan fingerprint density at radius 3 is 2.65 bits per heavy atom. The third-order valence-electron chi connectivity index (χ3n) is 2.70. The number of thiophene rings is 1.